The largest absolute Gasteiger partial charge is 0.460 e. The highest BCUT2D eigenvalue weighted by Crippen LogP contribution is 2.39. The smallest absolute Gasteiger partial charge is 0.325 e. The van der Waals surface area contributed by atoms with Crippen LogP contribution in [0.2, 0.25) is 18.1 Å². The van der Waals surface area contributed by atoms with Crippen LogP contribution in [-0.2, 0) is 39.7 Å². The van der Waals surface area contributed by atoms with Crippen molar-refractivity contribution in [1.82, 2.24) is 5.32 Å². The molecular formula is C38H69NO7SSi. The van der Waals surface area contributed by atoms with Crippen molar-refractivity contribution < 1.29 is 31.4 Å². The maximum Gasteiger partial charge on any atom is 0.325 e. The van der Waals surface area contributed by atoms with Gasteiger partial charge in [0.05, 0.1) is 18.3 Å². The SMILES string of the molecule is CCCCCCCCCCC[C@H](C[C@@H](OS(C)(=O)=O)[C@H](CCCCCC)C(=O)NCC(=O)OCc1ccccc1)O[Si](C)(C)C(C)(C)C. The summed E-state index contributed by atoms with van der Waals surface area (Å²) in [5.74, 6) is -1.71. The van der Waals surface area contributed by atoms with E-state index in [0.29, 0.717) is 12.8 Å². The van der Waals surface area contributed by atoms with Gasteiger partial charge in [-0.25, -0.2) is 0 Å². The number of rotatable bonds is 27. The first-order chi connectivity index (χ1) is 22.6. The van der Waals surface area contributed by atoms with E-state index in [9.17, 15) is 18.0 Å². The van der Waals surface area contributed by atoms with Gasteiger partial charge in [0.2, 0.25) is 5.91 Å². The van der Waals surface area contributed by atoms with E-state index in [-0.39, 0.29) is 24.3 Å². The molecule has 1 aromatic rings. The third-order valence-electron chi connectivity index (χ3n) is 9.49. The van der Waals surface area contributed by atoms with Crippen molar-refractivity contribution >= 4 is 30.3 Å². The van der Waals surface area contributed by atoms with Gasteiger partial charge in [-0.15, -0.1) is 0 Å². The minimum Gasteiger partial charge on any atom is -0.460 e. The van der Waals surface area contributed by atoms with Crippen molar-refractivity contribution in [2.24, 2.45) is 5.92 Å². The third kappa shape index (κ3) is 20.0. The second kappa shape index (κ2) is 23.6. The Kier molecular flexibility index (Phi) is 21.8. The Morgan fingerprint density at radius 2 is 1.33 bits per heavy atom. The summed E-state index contributed by atoms with van der Waals surface area (Å²) in [5, 5.41) is 2.70. The van der Waals surface area contributed by atoms with Crippen molar-refractivity contribution in [2.75, 3.05) is 12.8 Å². The summed E-state index contributed by atoms with van der Waals surface area (Å²) in [7, 11) is -6.10. The van der Waals surface area contributed by atoms with Gasteiger partial charge < -0.3 is 14.5 Å². The molecule has 0 aliphatic heterocycles. The lowest BCUT2D eigenvalue weighted by Gasteiger charge is -2.40. The molecule has 1 N–H and O–H groups in total. The second-order valence-corrected chi connectivity index (χ2v) is 21.4. The Morgan fingerprint density at radius 1 is 0.812 bits per heavy atom. The molecule has 278 valence electrons. The van der Waals surface area contributed by atoms with Gasteiger partial charge >= 0.3 is 5.97 Å². The Balaban J connectivity index is 3.11. The second-order valence-electron chi connectivity index (χ2n) is 15.0. The zero-order valence-corrected chi connectivity index (χ0v) is 33.4. The number of carbonyl (C=O) groups is 2. The predicted molar refractivity (Wildman–Crippen MR) is 200 cm³/mol. The molecule has 0 spiro atoms. The van der Waals surface area contributed by atoms with Gasteiger partial charge in [0, 0.05) is 12.5 Å². The summed E-state index contributed by atoms with van der Waals surface area (Å²) in [4.78, 5) is 26.3. The van der Waals surface area contributed by atoms with Crippen LogP contribution in [0.25, 0.3) is 0 Å². The first-order valence-corrected chi connectivity index (χ1v) is 23.4. The standard InChI is InChI=1S/C38H69NO7SSi/c1-9-11-13-15-16-17-18-19-23-27-33(46-48(7,8)38(3,4)5)29-35(45-47(6,42)43)34(28-24-14-12-10-2)37(41)39-30-36(40)44-31-32-25-21-20-22-26-32/h20-22,25-26,33-35H,9-19,23-24,27-31H2,1-8H3,(H,39,41)/t33-,34+,35-/m1/s1. The van der Waals surface area contributed by atoms with E-state index in [4.69, 9.17) is 13.3 Å². The minimum absolute atomic E-state index is 0.0338. The van der Waals surface area contributed by atoms with E-state index < -0.39 is 42.3 Å². The summed E-state index contributed by atoms with van der Waals surface area (Å²) in [5.41, 5.74) is 0.854. The highest BCUT2D eigenvalue weighted by Gasteiger charge is 2.41. The number of nitrogens with one attached hydrogen (secondary N) is 1. The van der Waals surface area contributed by atoms with Gasteiger partial charge in [0.1, 0.15) is 13.2 Å². The van der Waals surface area contributed by atoms with Crippen LogP contribution >= 0.6 is 0 Å². The van der Waals surface area contributed by atoms with Gasteiger partial charge in [0.25, 0.3) is 10.1 Å². The molecule has 3 atom stereocenters. The molecule has 0 aromatic heterocycles. The van der Waals surface area contributed by atoms with E-state index >= 15 is 0 Å². The first-order valence-electron chi connectivity index (χ1n) is 18.6. The number of amides is 1. The molecule has 0 aliphatic carbocycles. The van der Waals surface area contributed by atoms with Crippen LogP contribution in [0.4, 0.5) is 0 Å². The molecule has 1 rings (SSSR count). The number of unbranched alkanes of at least 4 members (excludes halogenated alkanes) is 11. The lowest BCUT2D eigenvalue weighted by Crippen LogP contribution is -2.47. The number of esters is 1. The lowest BCUT2D eigenvalue weighted by atomic mass is 9.89. The monoisotopic (exact) mass is 711 g/mol. The third-order valence-corrected chi connectivity index (χ3v) is 14.6. The van der Waals surface area contributed by atoms with Crippen molar-refractivity contribution in [3.05, 3.63) is 35.9 Å². The molecule has 1 aromatic carbocycles. The Hall–Kier alpha value is -1.75. The zero-order valence-electron chi connectivity index (χ0n) is 31.6. The fraction of sp³-hybridized carbons (Fsp3) is 0.789. The highest BCUT2D eigenvalue weighted by atomic mass is 32.2. The summed E-state index contributed by atoms with van der Waals surface area (Å²) < 4.78 is 43.3. The molecule has 0 fully saturated rings. The molecule has 8 nitrogen and oxygen atoms in total. The predicted octanol–water partition coefficient (Wildman–Crippen LogP) is 9.48. The van der Waals surface area contributed by atoms with Crippen LogP contribution in [0.1, 0.15) is 143 Å². The molecule has 1 amide bonds. The fourth-order valence-corrected chi connectivity index (χ4v) is 7.67. The molecule has 0 bridgehead atoms. The first kappa shape index (κ1) is 44.3. The van der Waals surface area contributed by atoms with E-state index in [1.165, 1.54) is 44.9 Å². The quantitative estimate of drug-likeness (QED) is 0.0419. The molecule has 0 unspecified atom stereocenters. The summed E-state index contributed by atoms with van der Waals surface area (Å²) in [6.07, 6.45) is 16.0. The van der Waals surface area contributed by atoms with Crippen molar-refractivity contribution in [3.8, 4) is 0 Å². The van der Waals surface area contributed by atoms with Crippen LogP contribution in [0.5, 0.6) is 0 Å². The van der Waals surface area contributed by atoms with Crippen LogP contribution in [-0.4, -0.2) is 53.6 Å². The van der Waals surface area contributed by atoms with E-state index in [1.807, 2.05) is 30.3 Å². The molecular weight excluding hydrogens is 643 g/mol. The van der Waals surface area contributed by atoms with Gasteiger partial charge in [-0.2, -0.15) is 8.42 Å². The van der Waals surface area contributed by atoms with Crippen LogP contribution in [0, 0.1) is 5.92 Å². The molecule has 0 saturated heterocycles. The molecule has 0 saturated carbocycles. The van der Waals surface area contributed by atoms with Gasteiger partial charge in [-0.3, -0.25) is 13.8 Å². The van der Waals surface area contributed by atoms with E-state index in [0.717, 1.165) is 56.8 Å². The number of hydrogen-bond acceptors (Lipinski definition) is 7. The van der Waals surface area contributed by atoms with Crippen molar-refractivity contribution in [3.63, 3.8) is 0 Å². The topological polar surface area (TPSA) is 108 Å². The summed E-state index contributed by atoms with van der Waals surface area (Å²) in [6.45, 7) is 15.2. The Morgan fingerprint density at radius 3 is 1.88 bits per heavy atom. The number of carbonyl (C=O) groups excluding carboxylic acids is 2. The van der Waals surface area contributed by atoms with Crippen LogP contribution in [0.3, 0.4) is 0 Å². The maximum atomic E-state index is 13.7. The zero-order chi connectivity index (χ0) is 36.1. The maximum absolute atomic E-state index is 13.7. The number of ether oxygens (including phenoxy) is 1. The molecule has 10 heteroatoms. The minimum atomic E-state index is -3.88. The van der Waals surface area contributed by atoms with Crippen molar-refractivity contribution in [2.45, 2.75) is 174 Å². The summed E-state index contributed by atoms with van der Waals surface area (Å²) in [6, 6.07) is 9.35. The van der Waals surface area contributed by atoms with Gasteiger partial charge in [-0.05, 0) is 36.5 Å². The molecule has 0 radical (unpaired) electrons. The summed E-state index contributed by atoms with van der Waals surface area (Å²) >= 11 is 0. The van der Waals surface area contributed by atoms with E-state index in [1.54, 1.807) is 0 Å². The van der Waals surface area contributed by atoms with E-state index in [2.05, 4.69) is 53.0 Å². The van der Waals surface area contributed by atoms with Crippen molar-refractivity contribution in [1.29, 1.82) is 0 Å². The Bertz CT molecular complexity index is 1120. The molecule has 0 heterocycles. The van der Waals surface area contributed by atoms with Crippen LogP contribution in [0.15, 0.2) is 30.3 Å². The number of benzene rings is 1. The number of hydrogen-bond donors (Lipinski definition) is 1. The van der Waals surface area contributed by atoms with Gasteiger partial charge in [-0.1, -0.05) is 148 Å². The highest BCUT2D eigenvalue weighted by molar-refractivity contribution is 7.86. The lowest BCUT2D eigenvalue weighted by molar-refractivity contribution is -0.146. The molecule has 48 heavy (non-hydrogen) atoms. The van der Waals surface area contributed by atoms with Gasteiger partial charge in [0.15, 0.2) is 8.32 Å². The average molecular weight is 712 g/mol. The normalized spacial score (nSPS) is 14.3. The van der Waals surface area contributed by atoms with Crippen LogP contribution < -0.4 is 5.32 Å². The fourth-order valence-electron chi connectivity index (χ4n) is 5.61. The molecule has 0 aliphatic rings. The Labute approximate surface area is 295 Å². The average Bonchev–Trinajstić information content (AvgIpc) is 3.00.